The van der Waals surface area contributed by atoms with E-state index in [1.807, 2.05) is 6.26 Å². The molecule has 1 aromatic heterocycles. The van der Waals surface area contributed by atoms with Crippen molar-refractivity contribution >= 4 is 0 Å². The topological polar surface area (TPSA) is 28.4 Å². The Morgan fingerprint density at radius 1 is 1.35 bits per heavy atom. The van der Waals surface area contributed by atoms with Crippen LogP contribution in [-0.2, 0) is 13.1 Å². The van der Waals surface area contributed by atoms with Gasteiger partial charge in [0.2, 0.25) is 0 Å². The summed E-state index contributed by atoms with van der Waals surface area (Å²) in [6.45, 7) is 13.3. The predicted molar refractivity (Wildman–Crippen MR) is 83.6 cm³/mol. The molecule has 0 atom stereocenters. The maximum Gasteiger partial charge on any atom is 0.122 e. The molecule has 3 nitrogen and oxygen atoms in total. The first kappa shape index (κ1) is 15.6. The fourth-order valence-electron chi connectivity index (χ4n) is 3.17. The van der Waals surface area contributed by atoms with Gasteiger partial charge in [-0.2, -0.15) is 0 Å². The lowest BCUT2D eigenvalue weighted by molar-refractivity contribution is 0.225. The summed E-state index contributed by atoms with van der Waals surface area (Å²) in [5.41, 5.74) is 1.85. The van der Waals surface area contributed by atoms with Crippen LogP contribution < -0.4 is 5.32 Å². The molecule has 0 amide bonds. The summed E-state index contributed by atoms with van der Waals surface area (Å²) in [5.74, 6) is 1.14. The van der Waals surface area contributed by atoms with Gasteiger partial charge >= 0.3 is 0 Å². The number of nitrogens with one attached hydrogen (secondary N) is 1. The summed E-state index contributed by atoms with van der Waals surface area (Å²) in [7, 11) is 0. The quantitative estimate of drug-likeness (QED) is 0.822. The van der Waals surface area contributed by atoms with Crippen LogP contribution in [0, 0.1) is 5.41 Å². The van der Waals surface area contributed by atoms with Gasteiger partial charge in [0.25, 0.3) is 0 Å². The normalized spacial score (nSPS) is 19.1. The highest BCUT2D eigenvalue weighted by atomic mass is 16.3. The average Bonchev–Trinajstić information content (AvgIpc) is 3.04. The van der Waals surface area contributed by atoms with Crippen LogP contribution in [-0.4, -0.2) is 24.0 Å². The van der Waals surface area contributed by atoms with Crippen molar-refractivity contribution < 1.29 is 4.42 Å². The fraction of sp³-hybridized carbons (Fsp3) is 0.765. The largest absolute Gasteiger partial charge is 0.468 e. The van der Waals surface area contributed by atoms with Gasteiger partial charge < -0.3 is 9.73 Å². The molecule has 3 heteroatoms. The van der Waals surface area contributed by atoms with Crippen molar-refractivity contribution in [1.29, 1.82) is 0 Å². The van der Waals surface area contributed by atoms with E-state index in [-0.39, 0.29) is 0 Å². The molecule has 2 rings (SSSR count). The Hall–Kier alpha value is -0.800. The van der Waals surface area contributed by atoms with Crippen molar-refractivity contribution in [2.45, 2.75) is 66.1 Å². The van der Waals surface area contributed by atoms with Crippen LogP contribution in [0.4, 0.5) is 0 Å². The third-order valence-electron chi connectivity index (χ3n) is 4.92. The van der Waals surface area contributed by atoms with Gasteiger partial charge in [-0.3, -0.25) is 4.90 Å². The Balaban J connectivity index is 1.93. The van der Waals surface area contributed by atoms with Crippen molar-refractivity contribution in [1.82, 2.24) is 10.2 Å². The van der Waals surface area contributed by atoms with Crippen molar-refractivity contribution in [3.8, 4) is 0 Å². The molecule has 1 aliphatic heterocycles. The number of furan rings is 1. The highest BCUT2D eigenvalue weighted by molar-refractivity contribution is 5.17. The Morgan fingerprint density at radius 3 is 2.70 bits per heavy atom. The Bertz CT molecular complexity index is 407. The molecule has 114 valence electrons. The van der Waals surface area contributed by atoms with E-state index in [0.717, 1.165) is 18.8 Å². The van der Waals surface area contributed by atoms with Crippen molar-refractivity contribution in [2.75, 3.05) is 13.1 Å². The molecule has 1 aliphatic rings. The molecular formula is C17H30N2O. The van der Waals surface area contributed by atoms with Crippen molar-refractivity contribution in [3.05, 3.63) is 23.7 Å². The zero-order valence-electron chi connectivity index (χ0n) is 13.5. The number of nitrogens with zero attached hydrogens (tertiary/aromatic N) is 1. The third-order valence-corrected chi connectivity index (χ3v) is 4.92. The number of hydrogen-bond donors (Lipinski definition) is 1. The highest BCUT2D eigenvalue weighted by Gasteiger charge is 2.35. The number of rotatable bonds is 7. The van der Waals surface area contributed by atoms with E-state index in [9.17, 15) is 0 Å². The second-order valence-corrected chi connectivity index (χ2v) is 6.57. The second-order valence-electron chi connectivity index (χ2n) is 6.57. The van der Waals surface area contributed by atoms with Crippen LogP contribution in [0.1, 0.15) is 58.3 Å². The maximum atomic E-state index is 5.71. The van der Waals surface area contributed by atoms with Crippen LogP contribution in [0.15, 0.2) is 16.7 Å². The number of hydrogen-bond acceptors (Lipinski definition) is 3. The van der Waals surface area contributed by atoms with E-state index in [2.05, 4.69) is 44.0 Å². The minimum absolute atomic E-state index is 0.511. The summed E-state index contributed by atoms with van der Waals surface area (Å²) in [5, 5.41) is 3.47. The summed E-state index contributed by atoms with van der Waals surface area (Å²) in [4.78, 5) is 2.56. The lowest BCUT2D eigenvalue weighted by Gasteiger charge is -2.26. The van der Waals surface area contributed by atoms with E-state index in [0.29, 0.717) is 11.5 Å². The van der Waals surface area contributed by atoms with E-state index in [1.165, 1.54) is 37.9 Å². The van der Waals surface area contributed by atoms with Crippen LogP contribution >= 0.6 is 0 Å². The smallest absolute Gasteiger partial charge is 0.122 e. The molecule has 1 saturated heterocycles. The first-order valence-corrected chi connectivity index (χ1v) is 8.09. The van der Waals surface area contributed by atoms with Gasteiger partial charge in [0.15, 0.2) is 0 Å². The van der Waals surface area contributed by atoms with E-state index < -0.39 is 0 Å². The molecule has 20 heavy (non-hydrogen) atoms. The SMILES string of the molecule is CCC1(CC)CCN(Cc2occc2CNC(C)C)C1. The molecule has 0 unspecified atom stereocenters. The van der Waals surface area contributed by atoms with E-state index in [1.54, 1.807) is 0 Å². The first-order valence-electron chi connectivity index (χ1n) is 8.09. The molecule has 1 fully saturated rings. The summed E-state index contributed by atoms with van der Waals surface area (Å²) >= 11 is 0. The van der Waals surface area contributed by atoms with Crippen LogP contribution in [0.25, 0.3) is 0 Å². The summed E-state index contributed by atoms with van der Waals surface area (Å²) in [6, 6.07) is 2.62. The Kier molecular flexibility index (Phi) is 5.28. The zero-order valence-corrected chi connectivity index (χ0v) is 13.5. The molecule has 1 aromatic rings. The van der Waals surface area contributed by atoms with Gasteiger partial charge in [-0.15, -0.1) is 0 Å². The molecule has 0 radical (unpaired) electrons. The average molecular weight is 278 g/mol. The molecule has 0 saturated carbocycles. The number of likely N-dealkylation sites (tertiary alicyclic amines) is 1. The molecule has 0 aliphatic carbocycles. The van der Waals surface area contributed by atoms with Gasteiger partial charge in [-0.25, -0.2) is 0 Å². The van der Waals surface area contributed by atoms with E-state index in [4.69, 9.17) is 4.42 Å². The van der Waals surface area contributed by atoms with Gasteiger partial charge in [-0.05, 0) is 37.3 Å². The van der Waals surface area contributed by atoms with Gasteiger partial charge in [0, 0.05) is 24.7 Å². The zero-order chi connectivity index (χ0) is 14.6. The van der Waals surface area contributed by atoms with Crippen molar-refractivity contribution in [2.24, 2.45) is 5.41 Å². The minimum atomic E-state index is 0.511. The fourth-order valence-corrected chi connectivity index (χ4v) is 3.17. The highest BCUT2D eigenvalue weighted by Crippen LogP contribution is 2.37. The molecule has 1 N–H and O–H groups in total. The Morgan fingerprint density at radius 2 is 2.10 bits per heavy atom. The standard InChI is InChI=1S/C17H30N2O/c1-5-17(6-2)8-9-19(13-17)12-16-15(7-10-20-16)11-18-14(3)4/h7,10,14,18H,5-6,8-9,11-13H2,1-4H3. The molecular weight excluding hydrogens is 248 g/mol. The molecule has 2 heterocycles. The van der Waals surface area contributed by atoms with Crippen LogP contribution in [0.2, 0.25) is 0 Å². The monoisotopic (exact) mass is 278 g/mol. The molecule has 0 spiro atoms. The van der Waals surface area contributed by atoms with Gasteiger partial charge in [0.05, 0.1) is 12.8 Å². The van der Waals surface area contributed by atoms with Crippen LogP contribution in [0.3, 0.4) is 0 Å². The second kappa shape index (κ2) is 6.77. The molecule has 0 bridgehead atoms. The molecule has 0 aromatic carbocycles. The maximum absolute atomic E-state index is 5.71. The van der Waals surface area contributed by atoms with Gasteiger partial charge in [-0.1, -0.05) is 27.7 Å². The lowest BCUT2D eigenvalue weighted by atomic mass is 9.82. The first-order chi connectivity index (χ1) is 9.58. The third kappa shape index (κ3) is 3.64. The van der Waals surface area contributed by atoms with E-state index >= 15 is 0 Å². The predicted octanol–water partition coefficient (Wildman–Crippen LogP) is 3.79. The summed E-state index contributed by atoms with van der Waals surface area (Å²) < 4.78 is 5.71. The minimum Gasteiger partial charge on any atom is -0.468 e. The summed E-state index contributed by atoms with van der Waals surface area (Å²) in [6.07, 6.45) is 5.75. The van der Waals surface area contributed by atoms with Gasteiger partial charge in [0.1, 0.15) is 5.76 Å². The van der Waals surface area contributed by atoms with Crippen molar-refractivity contribution in [3.63, 3.8) is 0 Å². The Labute approximate surface area is 123 Å². The lowest BCUT2D eigenvalue weighted by Crippen LogP contribution is -2.27. The van der Waals surface area contributed by atoms with Crippen LogP contribution in [0.5, 0.6) is 0 Å².